The highest BCUT2D eigenvalue weighted by Crippen LogP contribution is 2.31. The molecule has 2 aliphatic heterocycles. The zero-order chi connectivity index (χ0) is 12.7. The molecule has 0 bridgehead atoms. The molecule has 1 saturated carbocycles. The lowest BCUT2D eigenvalue weighted by atomic mass is 10.0. The van der Waals surface area contributed by atoms with Gasteiger partial charge in [0, 0.05) is 13.1 Å². The fourth-order valence-corrected chi connectivity index (χ4v) is 3.76. The first-order chi connectivity index (χ1) is 8.68. The van der Waals surface area contributed by atoms with Gasteiger partial charge >= 0.3 is 0 Å². The Hall–Kier alpha value is -1.06. The van der Waals surface area contributed by atoms with Gasteiger partial charge in [-0.1, -0.05) is 12.8 Å². The van der Waals surface area contributed by atoms with Crippen molar-refractivity contribution in [1.29, 1.82) is 0 Å². The minimum absolute atomic E-state index is 0.143. The number of carbonyl (C=O) groups excluding carboxylic acids is 2. The van der Waals surface area contributed by atoms with E-state index in [9.17, 15) is 9.59 Å². The van der Waals surface area contributed by atoms with Crippen LogP contribution in [0.3, 0.4) is 0 Å². The molecule has 1 aliphatic carbocycles. The van der Waals surface area contributed by atoms with Crippen LogP contribution in [-0.4, -0.2) is 46.8 Å². The van der Waals surface area contributed by atoms with E-state index in [0.717, 1.165) is 25.9 Å². The highest BCUT2D eigenvalue weighted by atomic mass is 16.2. The Labute approximate surface area is 108 Å². The average Bonchev–Trinajstić information content (AvgIpc) is 3.02. The fraction of sp³-hybridized carbons (Fsp3) is 0.857. The largest absolute Gasteiger partial charge is 0.329 e. The van der Waals surface area contributed by atoms with Crippen molar-refractivity contribution in [1.82, 2.24) is 9.80 Å². The molecule has 2 atom stereocenters. The summed E-state index contributed by atoms with van der Waals surface area (Å²) in [5.74, 6) is 0.985. The van der Waals surface area contributed by atoms with Gasteiger partial charge < -0.3 is 9.80 Å². The molecule has 2 heterocycles. The summed E-state index contributed by atoms with van der Waals surface area (Å²) in [5, 5.41) is 0. The van der Waals surface area contributed by atoms with E-state index in [1.165, 1.54) is 25.7 Å². The van der Waals surface area contributed by atoms with Gasteiger partial charge in [0.05, 0.1) is 0 Å². The summed E-state index contributed by atoms with van der Waals surface area (Å²) in [7, 11) is 0. The van der Waals surface area contributed by atoms with Crippen LogP contribution in [0, 0.1) is 5.92 Å². The van der Waals surface area contributed by atoms with Gasteiger partial charge in [-0.2, -0.15) is 0 Å². The van der Waals surface area contributed by atoms with E-state index in [1.807, 2.05) is 11.8 Å². The molecule has 2 unspecified atom stereocenters. The molecule has 3 fully saturated rings. The smallest absolute Gasteiger partial charge is 0.246 e. The first kappa shape index (κ1) is 12.0. The predicted molar refractivity (Wildman–Crippen MR) is 67.9 cm³/mol. The molecule has 2 amide bonds. The molecule has 2 saturated heterocycles. The maximum atomic E-state index is 12.5. The SMILES string of the molecule is CC1C(=O)N2CCCC2C(=O)N1CC1CCCC1. The van der Waals surface area contributed by atoms with Crippen LogP contribution < -0.4 is 0 Å². The summed E-state index contributed by atoms with van der Waals surface area (Å²) in [6.07, 6.45) is 6.85. The molecular weight excluding hydrogens is 228 g/mol. The van der Waals surface area contributed by atoms with Crippen molar-refractivity contribution in [3.05, 3.63) is 0 Å². The Kier molecular flexibility index (Phi) is 3.04. The Morgan fingerprint density at radius 2 is 1.78 bits per heavy atom. The summed E-state index contributed by atoms with van der Waals surface area (Å²) in [5.41, 5.74) is 0. The van der Waals surface area contributed by atoms with Crippen molar-refractivity contribution in [2.75, 3.05) is 13.1 Å². The lowest BCUT2D eigenvalue weighted by Gasteiger charge is -2.41. The summed E-state index contributed by atoms with van der Waals surface area (Å²) < 4.78 is 0. The summed E-state index contributed by atoms with van der Waals surface area (Å²) in [6, 6.07) is -0.387. The monoisotopic (exact) mass is 250 g/mol. The van der Waals surface area contributed by atoms with E-state index in [2.05, 4.69) is 0 Å². The number of amides is 2. The van der Waals surface area contributed by atoms with Crippen LogP contribution in [0.5, 0.6) is 0 Å². The molecule has 0 spiro atoms. The lowest BCUT2D eigenvalue weighted by Crippen LogP contribution is -2.62. The number of hydrogen-bond acceptors (Lipinski definition) is 2. The second-order valence-corrected chi connectivity index (χ2v) is 6.01. The third-order valence-electron chi connectivity index (χ3n) is 4.86. The number of hydrogen-bond donors (Lipinski definition) is 0. The van der Waals surface area contributed by atoms with Gasteiger partial charge in [-0.25, -0.2) is 0 Å². The van der Waals surface area contributed by atoms with Gasteiger partial charge in [0.1, 0.15) is 12.1 Å². The molecule has 3 rings (SSSR count). The summed E-state index contributed by atoms with van der Waals surface area (Å²) >= 11 is 0. The molecule has 0 aromatic heterocycles. The number of carbonyl (C=O) groups is 2. The van der Waals surface area contributed by atoms with Gasteiger partial charge in [0.15, 0.2) is 0 Å². The van der Waals surface area contributed by atoms with Crippen molar-refractivity contribution in [3.63, 3.8) is 0 Å². The Balaban J connectivity index is 1.75. The third-order valence-corrected chi connectivity index (χ3v) is 4.86. The van der Waals surface area contributed by atoms with Crippen LogP contribution in [0.4, 0.5) is 0 Å². The zero-order valence-corrected chi connectivity index (χ0v) is 11.1. The maximum Gasteiger partial charge on any atom is 0.246 e. The van der Waals surface area contributed by atoms with Crippen LogP contribution in [0.15, 0.2) is 0 Å². The van der Waals surface area contributed by atoms with Crippen LogP contribution >= 0.6 is 0 Å². The Morgan fingerprint density at radius 3 is 2.50 bits per heavy atom. The van der Waals surface area contributed by atoms with E-state index in [4.69, 9.17) is 0 Å². The number of fused-ring (bicyclic) bond motifs is 1. The molecular formula is C14H22N2O2. The summed E-state index contributed by atoms with van der Waals surface area (Å²) in [6.45, 7) is 3.47. The van der Waals surface area contributed by atoms with E-state index in [-0.39, 0.29) is 23.9 Å². The minimum atomic E-state index is -0.243. The highest BCUT2D eigenvalue weighted by Gasteiger charge is 2.46. The molecule has 0 radical (unpaired) electrons. The third kappa shape index (κ3) is 1.82. The molecule has 0 N–H and O–H groups in total. The second kappa shape index (κ2) is 4.56. The quantitative estimate of drug-likeness (QED) is 0.743. The van der Waals surface area contributed by atoms with Crippen molar-refractivity contribution in [3.8, 4) is 0 Å². The minimum Gasteiger partial charge on any atom is -0.329 e. The van der Waals surface area contributed by atoms with Gasteiger partial charge in [-0.15, -0.1) is 0 Å². The number of piperazine rings is 1. The van der Waals surface area contributed by atoms with Crippen molar-refractivity contribution >= 4 is 11.8 Å². The van der Waals surface area contributed by atoms with E-state index in [1.54, 1.807) is 4.90 Å². The van der Waals surface area contributed by atoms with E-state index < -0.39 is 0 Å². The van der Waals surface area contributed by atoms with Gasteiger partial charge in [-0.05, 0) is 38.5 Å². The van der Waals surface area contributed by atoms with Crippen molar-refractivity contribution in [2.24, 2.45) is 5.92 Å². The standard InChI is InChI=1S/C14H22N2O2/c1-10-13(17)15-8-4-7-12(15)14(18)16(10)9-11-5-2-3-6-11/h10-12H,2-9H2,1H3. The van der Waals surface area contributed by atoms with Crippen molar-refractivity contribution < 1.29 is 9.59 Å². The normalized spacial score (nSPS) is 33.4. The lowest BCUT2D eigenvalue weighted by molar-refractivity contribution is -0.159. The van der Waals surface area contributed by atoms with Crippen LogP contribution in [-0.2, 0) is 9.59 Å². The van der Waals surface area contributed by atoms with Gasteiger partial charge in [0.25, 0.3) is 0 Å². The zero-order valence-electron chi connectivity index (χ0n) is 11.1. The van der Waals surface area contributed by atoms with Crippen LogP contribution in [0.2, 0.25) is 0 Å². The summed E-state index contributed by atoms with van der Waals surface area (Å²) in [4.78, 5) is 28.4. The molecule has 0 aromatic carbocycles. The Bertz CT molecular complexity index is 363. The fourth-order valence-electron chi connectivity index (χ4n) is 3.76. The molecule has 100 valence electrons. The molecule has 0 aromatic rings. The number of rotatable bonds is 2. The second-order valence-electron chi connectivity index (χ2n) is 6.01. The predicted octanol–water partition coefficient (Wildman–Crippen LogP) is 1.40. The maximum absolute atomic E-state index is 12.5. The first-order valence-electron chi connectivity index (χ1n) is 7.29. The van der Waals surface area contributed by atoms with Crippen LogP contribution in [0.25, 0.3) is 0 Å². The first-order valence-corrected chi connectivity index (χ1v) is 7.29. The Morgan fingerprint density at radius 1 is 1.06 bits per heavy atom. The molecule has 3 aliphatic rings. The molecule has 18 heavy (non-hydrogen) atoms. The van der Waals surface area contributed by atoms with E-state index >= 15 is 0 Å². The van der Waals surface area contributed by atoms with E-state index in [0.29, 0.717) is 5.92 Å². The topological polar surface area (TPSA) is 40.6 Å². The molecule has 4 nitrogen and oxygen atoms in total. The van der Waals surface area contributed by atoms with Crippen LogP contribution in [0.1, 0.15) is 45.4 Å². The van der Waals surface area contributed by atoms with Gasteiger partial charge in [-0.3, -0.25) is 9.59 Å². The number of nitrogens with zero attached hydrogens (tertiary/aromatic N) is 2. The van der Waals surface area contributed by atoms with Crippen molar-refractivity contribution in [2.45, 2.75) is 57.5 Å². The average molecular weight is 250 g/mol. The highest BCUT2D eigenvalue weighted by molar-refractivity contribution is 5.97. The molecule has 4 heteroatoms. The van der Waals surface area contributed by atoms with Gasteiger partial charge in [0.2, 0.25) is 11.8 Å².